The zero-order valence-electron chi connectivity index (χ0n) is 15.8. The second-order valence-electron chi connectivity index (χ2n) is 7.01. The van der Waals surface area contributed by atoms with Crippen molar-refractivity contribution in [2.45, 2.75) is 19.0 Å². The van der Waals surface area contributed by atoms with Crippen LogP contribution in [0.25, 0.3) is 10.9 Å². The number of Topliss-reactive ketones (excluding diaryl/α,β-unsaturated/α-hetero) is 1. The second kappa shape index (κ2) is 7.97. The van der Waals surface area contributed by atoms with Crippen molar-refractivity contribution in [2.75, 3.05) is 0 Å². The van der Waals surface area contributed by atoms with Crippen molar-refractivity contribution in [1.82, 2.24) is 10.3 Å². The van der Waals surface area contributed by atoms with Crippen LogP contribution in [0.3, 0.4) is 0 Å². The van der Waals surface area contributed by atoms with Crippen molar-refractivity contribution < 1.29 is 13.6 Å². The van der Waals surface area contributed by atoms with Gasteiger partial charge >= 0.3 is 0 Å². The highest BCUT2D eigenvalue weighted by molar-refractivity contribution is 6.10. The molecule has 0 saturated heterocycles. The monoisotopic (exact) mass is 390 g/mol. The molecule has 0 radical (unpaired) electrons. The smallest absolute Gasteiger partial charge is 0.186 e. The third-order valence-electron chi connectivity index (χ3n) is 5.10. The fourth-order valence-corrected chi connectivity index (χ4v) is 3.59. The van der Waals surface area contributed by atoms with E-state index in [-0.39, 0.29) is 5.78 Å². The van der Waals surface area contributed by atoms with Gasteiger partial charge in [0.05, 0.1) is 6.04 Å². The predicted molar refractivity (Wildman–Crippen MR) is 110 cm³/mol. The third-order valence-corrected chi connectivity index (χ3v) is 5.10. The molecule has 0 saturated carbocycles. The summed E-state index contributed by atoms with van der Waals surface area (Å²) in [6, 6.07) is 19.2. The van der Waals surface area contributed by atoms with E-state index in [2.05, 4.69) is 10.3 Å². The number of H-pyrrole nitrogens is 1. The number of hydrogen-bond donors (Lipinski definition) is 2. The lowest BCUT2D eigenvalue weighted by atomic mass is 9.95. The number of fused-ring (bicyclic) bond motifs is 1. The van der Waals surface area contributed by atoms with E-state index in [0.29, 0.717) is 11.1 Å². The standard InChI is InChI=1S/C24H20F2N2O/c1-15(18-12-11-17(25)13-21(18)26)28-23(16-7-3-2-4-8-16)24(29)20-14-27-22-10-6-5-9-19(20)22/h2-15,23,27-28H,1H3/t15-,23+/m0/s1. The number of para-hydroxylation sites is 1. The molecule has 0 bridgehead atoms. The maximum absolute atomic E-state index is 14.3. The lowest BCUT2D eigenvalue weighted by Crippen LogP contribution is -2.31. The van der Waals surface area contributed by atoms with E-state index in [1.807, 2.05) is 54.6 Å². The molecule has 2 atom stereocenters. The van der Waals surface area contributed by atoms with Crippen LogP contribution in [-0.2, 0) is 0 Å². The Labute approximate surface area is 167 Å². The van der Waals surface area contributed by atoms with Crippen LogP contribution < -0.4 is 5.32 Å². The number of hydrogen-bond acceptors (Lipinski definition) is 2. The summed E-state index contributed by atoms with van der Waals surface area (Å²) in [5, 5.41) is 4.07. The van der Waals surface area contributed by atoms with Gasteiger partial charge in [0.1, 0.15) is 11.6 Å². The molecule has 0 spiro atoms. The van der Waals surface area contributed by atoms with Gasteiger partial charge in [-0.15, -0.1) is 0 Å². The Balaban J connectivity index is 1.71. The minimum Gasteiger partial charge on any atom is -0.360 e. The SMILES string of the molecule is C[C@H](N[C@@H](C(=O)c1c[nH]c2ccccc12)c1ccccc1)c1ccc(F)cc1F. The van der Waals surface area contributed by atoms with E-state index in [9.17, 15) is 13.6 Å². The maximum atomic E-state index is 14.3. The van der Waals surface area contributed by atoms with E-state index in [0.717, 1.165) is 22.5 Å². The molecule has 0 aliphatic heterocycles. The van der Waals surface area contributed by atoms with Gasteiger partial charge in [-0.3, -0.25) is 10.1 Å². The normalized spacial score (nSPS) is 13.3. The number of ketones is 1. The van der Waals surface area contributed by atoms with Crippen molar-refractivity contribution in [3.05, 3.63) is 107 Å². The highest BCUT2D eigenvalue weighted by Crippen LogP contribution is 2.28. The van der Waals surface area contributed by atoms with Gasteiger partial charge in [0, 0.05) is 40.3 Å². The molecular weight excluding hydrogens is 370 g/mol. The summed E-state index contributed by atoms with van der Waals surface area (Å²) in [4.78, 5) is 16.6. The van der Waals surface area contributed by atoms with E-state index in [4.69, 9.17) is 0 Å². The molecule has 3 nitrogen and oxygen atoms in total. The molecular formula is C24H20F2N2O. The largest absolute Gasteiger partial charge is 0.360 e. The lowest BCUT2D eigenvalue weighted by Gasteiger charge is -2.23. The Morgan fingerprint density at radius 1 is 0.966 bits per heavy atom. The summed E-state index contributed by atoms with van der Waals surface area (Å²) in [6.07, 6.45) is 1.70. The van der Waals surface area contributed by atoms with E-state index in [1.165, 1.54) is 12.1 Å². The maximum Gasteiger partial charge on any atom is 0.186 e. The number of carbonyl (C=O) groups excluding carboxylic acids is 1. The minimum absolute atomic E-state index is 0.122. The summed E-state index contributed by atoms with van der Waals surface area (Å²) in [7, 11) is 0. The van der Waals surface area contributed by atoms with Gasteiger partial charge in [0.25, 0.3) is 0 Å². The quantitative estimate of drug-likeness (QED) is 0.414. The van der Waals surface area contributed by atoms with Gasteiger partial charge in [-0.25, -0.2) is 8.78 Å². The van der Waals surface area contributed by atoms with Crippen molar-refractivity contribution in [1.29, 1.82) is 0 Å². The Hall–Kier alpha value is -3.31. The van der Waals surface area contributed by atoms with Crippen LogP contribution >= 0.6 is 0 Å². The van der Waals surface area contributed by atoms with Crippen LogP contribution in [0.5, 0.6) is 0 Å². The van der Waals surface area contributed by atoms with Crippen molar-refractivity contribution >= 4 is 16.7 Å². The third kappa shape index (κ3) is 3.82. The van der Waals surface area contributed by atoms with Crippen LogP contribution in [0.1, 0.15) is 40.5 Å². The number of carbonyl (C=O) groups is 1. The van der Waals surface area contributed by atoms with Gasteiger partial charge in [0.2, 0.25) is 0 Å². The Morgan fingerprint density at radius 3 is 2.45 bits per heavy atom. The Bertz CT molecular complexity index is 1150. The van der Waals surface area contributed by atoms with Gasteiger partial charge in [-0.2, -0.15) is 0 Å². The molecule has 2 N–H and O–H groups in total. The van der Waals surface area contributed by atoms with Crippen LogP contribution in [-0.4, -0.2) is 10.8 Å². The number of rotatable bonds is 6. The molecule has 29 heavy (non-hydrogen) atoms. The fourth-order valence-electron chi connectivity index (χ4n) is 3.59. The van der Waals surface area contributed by atoms with Crippen molar-refractivity contribution in [3.63, 3.8) is 0 Å². The van der Waals surface area contributed by atoms with Crippen molar-refractivity contribution in [3.8, 4) is 0 Å². The number of aromatic amines is 1. The van der Waals surface area contributed by atoms with Crippen LogP contribution in [0, 0.1) is 11.6 Å². The highest BCUT2D eigenvalue weighted by Gasteiger charge is 2.26. The molecule has 3 aromatic carbocycles. The lowest BCUT2D eigenvalue weighted by molar-refractivity contribution is 0.0938. The highest BCUT2D eigenvalue weighted by atomic mass is 19.1. The Morgan fingerprint density at radius 2 is 1.69 bits per heavy atom. The number of benzene rings is 3. The molecule has 0 unspecified atom stereocenters. The van der Waals surface area contributed by atoms with Gasteiger partial charge in [-0.1, -0.05) is 54.6 Å². The van der Waals surface area contributed by atoms with Crippen molar-refractivity contribution in [2.24, 2.45) is 0 Å². The summed E-state index contributed by atoms with van der Waals surface area (Å²) >= 11 is 0. The molecule has 5 heteroatoms. The van der Waals surface area contributed by atoms with Crippen LogP contribution in [0.15, 0.2) is 79.0 Å². The van der Waals surface area contributed by atoms with Crippen LogP contribution in [0.2, 0.25) is 0 Å². The van der Waals surface area contributed by atoms with E-state index >= 15 is 0 Å². The zero-order chi connectivity index (χ0) is 20.4. The summed E-state index contributed by atoms with van der Waals surface area (Å²) in [5.74, 6) is -1.40. The summed E-state index contributed by atoms with van der Waals surface area (Å²) in [6.45, 7) is 1.76. The summed E-state index contributed by atoms with van der Waals surface area (Å²) < 4.78 is 27.5. The molecule has 0 aliphatic rings. The average molecular weight is 390 g/mol. The summed E-state index contributed by atoms with van der Waals surface area (Å²) in [5.41, 5.74) is 2.52. The molecule has 1 aromatic heterocycles. The first kappa shape index (κ1) is 19.0. The van der Waals surface area contributed by atoms with Gasteiger partial charge in [-0.05, 0) is 24.6 Å². The first-order chi connectivity index (χ1) is 14.0. The number of aromatic nitrogens is 1. The molecule has 0 aliphatic carbocycles. The van der Waals surface area contributed by atoms with E-state index < -0.39 is 23.7 Å². The number of halogens is 2. The molecule has 0 amide bonds. The predicted octanol–water partition coefficient (Wildman–Crippen LogP) is 5.72. The molecule has 1 heterocycles. The first-order valence-corrected chi connectivity index (χ1v) is 9.41. The van der Waals surface area contributed by atoms with Crippen LogP contribution in [0.4, 0.5) is 8.78 Å². The average Bonchev–Trinajstić information content (AvgIpc) is 3.16. The molecule has 4 rings (SSSR count). The Kier molecular flexibility index (Phi) is 5.23. The topological polar surface area (TPSA) is 44.9 Å². The molecule has 0 fully saturated rings. The zero-order valence-corrected chi connectivity index (χ0v) is 15.8. The molecule has 4 aromatic rings. The second-order valence-corrected chi connectivity index (χ2v) is 7.01. The first-order valence-electron chi connectivity index (χ1n) is 9.41. The fraction of sp³-hybridized carbons (Fsp3) is 0.125. The van der Waals surface area contributed by atoms with Gasteiger partial charge in [0.15, 0.2) is 5.78 Å². The molecule has 146 valence electrons. The number of nitrogens with one attached hydrogen (secondary N) is 2. The van der Waals surface area contributed by atoms with Gasteiger partial charge < -0.3 is 4.98 Å². The minimum atomic E-state index is -0.685. The van der Waals surface area contributed by atoms with E-state index in [1.54, 1.807) is 13.1 Å².